The highest BCUT2D eigenvalue weighted by Gasteiger charge is 2.15. The van der Waals surface area contributed by atoms with Crippen molar-refractivity contribution in [2.24, 2.45) is 0 Å². The number of ether oxygens (including phenoxy) is 1. The van der Waals surface area contributed by atoms with Gasteiger partial charge in [0.2, 0.25) is 0 Å². The number of carbonyl (C=O) groups is 2. The SMILES string of the molecule is CC(C)(C)OC(=O)NCCNC(=O)c1cccc(I)c1. The van der Waals surface area contributed by atoms with Gasteiger partial charge in [-0.3, -0.25) is 4.79 Å². The summed E-state index contributed by atoms with van der Waals surface area (Å²) in [6, 6.07) is 7.30. The van der Waals surface area contributed by atoms with Crippen molar-refractivity contribution in [1.29, 1.82) is 0 Å². The number of carbonyl (C=O) groups excluding carboxylic acids is 2. The van der Waals surface area contributed by atoms with E-state index < -0.39 is 11.7 Å². The smallest absolute Gasteiger partial charge is 0.407 e. The third-order valence-corrected chi connectivity index (χ3v) is 2.84. The van der Waals surface area contributed by atoms with Crippen LogP contribution in [-0.4, -0.2) is 30.7 Å². The first-order chi connectivity index (χ1) is 9.28. The van der Waals surface area contributed by atoms with E-state index in [1.165, 1.54) is 0 Å². The van der Waals surface area contributed by atoms with Gasteiger partial charge in [0.1, 0.15) is 5.60 Å². The molecule has 0 spiro atoms. The highest BCUT2D eigenvalue weighted by Crippen LogP contribution is 2.07. The zero-order chi connectivity index (χ0) is 15.2. The minimum Gasteiger partial charge on any atom is -0.444 e. The number of nitrogens with one attached hydrogen (secondary N) is 2. The van der Waals surface area contributed by atoms with Crippen LogP contribution in [0.5, 0.6) is 0 Å². The number of alkyl carbamates (subject to hydrolysis) is 1. The predicted octanol–water partition coefficient (Wildman–Crippen LogP) is 2.55. The van der Waals surface area contributed by atoms with E-state index in [9.17, 15) is 9.59 Å². The molecule has 2 N–H and O–H groups in total. The summed E-state index contributed by atoms with van der Waals surface area (Å²) in [6.45, 7) is 6.07. The second-order valence-electron chi connectivity index (χ2n) is 5.19. The zero-order valence-corrected chi connectivity index (χ0v) is 14.0. The van der Waals surface area contributed by atoms with Crippen molar-refractivity contribution >= 4 is 34.6 Å². The van der Waals surface area contributed by atoms with E-state index >= 15 is 0 Å². The molecular formula is C14H19IN2O3. The van der Waals surface area contributed by atoms with Gasteiger partial charge in [-0.1, -0.05) is 6.07 Å². The maximum absolute atomic E-state index is 11.8. The van der Waals surface area contributed by atoms with Crippen LogP contribution in [-0.2, 0) is 4.74 Å². The number of hydrogen-bond acceptors (Lipinski definition) is 3. The molecular weight excluding hydrogens is 371 g/mol. The van der Waals surface area contributed by atoms with Crippen LogP contribution >= 0.6 is 22.6 Å². The van der Waals surface area contributed by atoms with Crippen molar-refractivity contribution in [1.82, 2.24) is 10.6 Å². The fraction of sp³-hybridized carbons (Fsp3) is 0.429. The Bertz CT molecular complexity index is 484. The van der Waals surface area contributed by atoms with E-state index in [-0.39, 0.29) is 5.91 Å². The molecule has 1 aromatic rings. The Kier molecular flexibility index (Phi) is 6.25. The van der Waals surface area contributed by atoms with Crippen LogP contribution in [0.2, 0.25) is 0 Å². The van der Waals surface area contributed by atoms with Crippen molar-refractivity contribution in [3.63, 3.8) is 0 Å². The molecule has 1 rings (SSSR count). The van der Waals surface area contributed by atoms with Crippen molar-refractivity contribution in [3.05, 3.63) is 33.4 Å². The molecule has 6 heteroatoms. The van der Waals surface area contributed by atoms with Gasteiger partial charge < -0.3 is 15.4 Å². The average molecular weight is 390 g/mol. The predicted molar refractivity (Wildman–Crippen MR) is 85.7 cm³/mol. The Morgan fingerprint density at radius 1 is 1.20 bits per heavy atom. The van der Waals surface area contributed by atoms with Crippen molar-refractivity contribution < 1.29 is 14.3 Å². The van der Waals surface area contributed by atoms with Gasteiger partial charge in [-0.05, 0) is 61.6 Å². The molecule has 110 valence electrons. The first-order valence-electron chi connectivity index (χ1n) is 6.28. The number of rotatable bonds is 4. The van der Waals surface area contributed by atoms with Crippen LogP contribution in [0.4, 0.5) is 4.79 Å². The van der Waals surface area contributed by atoms with E-state index in [0.29, 0.717) is 18.7 Å². The van der Waals surface area contributed by atoms with Gasteiger partial charge in [0.05, 0.1) is 0 Å². The van der Waals surface area contributed by atoms with E-state index in [2.05, 4.69) is 33.2 Å². The van der Waals surface area contributed by atoms with Gasteiger partial charge in [-0.15, -0.1) is 0 Å². The topological polar surface area (TPSA) is 67.4 Å². The summed E-state index contributed by atoms with van der Waals surface area (Å²) >= 11 is 2.15. The van der Waals surface area contributed by atoms with Gasteiger partial charge in [0, 0.05) is 22.2 Å². The highest BCUT2D eigenvalue weighted by atomic mass is 127. The van der Waals surface area contributed by atoms with Crippen LogP contribution in [0.25, 0.3) is 0 Å². The summed E-state index contributed by atoms with van der Waals surface area (Å²) in [5.41, 5.74) is 0.0859. The Morgan fingerprint density at radius 3 is 2.45 bits per heavy atom. The van der Waals surface area contributed by atoms with Crippen molar-refractivity contribution in [3.8, 4) is 0 Å². The molecule has 0 aliphatic heterocycles. The molecule has 0 heterocycles. The molecule has 0 radical (unpaired) electrons. The number of benzene rings is 1. The quantitative estimate of drug-likeness (QED) is 0.614. The van der Waals surface area contributed by atoms with Crippen LogP contribution in [0.15, 0.2) is 24.3 Å². The highest BCUT2D eigenvalue weighted by molar-refractivity contribution is 14.1. The summed E-state index contributed by atoms with van der Waals surface area (Å²) < 4.78 is 6.08. The Morgan fingerprint density at radius 2 is 1.85 bits per heavy atom. The molecule has 5 nitrogen and oxygen atoms in total. The molecule has 2 amide bonds. The summed E-state index contributed by atoms with van der Waals surface area (Å²) in [7, 11) is 0. The van der Waals surface area contributed by atoms with E-state index in [1.54, 1.807) is 32.9 Å². The summed E-state index contributed by atoms with van der Waals surface area (Å²) in [5, 5.41) is 5.31. The normalized spacial score (nSPS) is 10.8. The Hall–Kier alpha value is -1.31. The molecule has 0 atom stereocenters. The molecule has 1 aromatic carbocycles. The van der Waals surface area contributed by atoms with Gasteiger partial charge >= 0.3 is 6.09 Å². The maximum atomic E-state index is 11.8. The van der Waals surface area contributed by atoms with Gasteiger partial charge in [-0.2, -0.15) is 0 Å². The maximum Gasteiger partial charge on any atom is 0.407 e. The largest absolute Gasteiger partial charge is 0.444 e. The Balaban J connectivity index is 2.28. The van der Waals surface area contributed by atoms with Crippen molar-refractivity contribution in [2.75, 3.05) is 13.1 Å². The van der Waals surface area contributed by atoms with Crippen LogP contribution in [0, 0.1) is 3.57 Å². The fourth-order valence-electron chi connectivity index (χ4n) is 1.39. The van der Waals surface area contributed by atoms with E-state index in [1.807, 2.05) is 12.1 Å². The lowest BCUT2D eigenvalue weighted by Crippen LogP contribution is -2.37. The molecule has 0 bridgehead atoms. The first-order valence-corrected chi connectivity index (χ1v) is 7.36. The van der Waals surface area contributed by atoms with Crippen LogP contribution < -0.4 is 10.6 Å². The first kappa shape index (κ1) is 16.7. The molecule has 0 aliphatic rings. The number of hydrogen-bond donors (Lipinski definition) is 2. The summed E-state index contributed by atoms with van der Waals surface area (Å²) in [5.74, 6) is -0.158. The third kappa shape index (κ3) is 6.74. The minimum atomic E-state index is -0.520. The molecule has 0 aliphatic carbocycles. The molecule has 0 unspecified atom stereocenters. The van der Waals surface area contributed by atoms with Crippen LogP contribution in [0.3, 0.4) is 0 Å². The average Bonchev–Trinajstić information content (AvgIpc) is 2.32. The van der Waals surface area contributed by atoms with Crippen LogP contribution in [0.1, 0.15) is 31.1 Å². The minimum absolute atomic E-state index is 0.158. The second kappa shape index (κ2) is 7.47. The van der Waals surface area contributed by atoms with Gasteiger partial charge in [-0.25, -0.2) is 4.79 Å². The summed E-state index contributed by atoms with van der Waals surface area (Å²) in [4.78, 5) is 23.2. The standard InChI is InChI=1S/C14H19IN2O3/c1-14(2,3)20-13(19)17-8-7-16-12(18)10-5-4-6-11(15)9-10/h4-6,9H,7-8H2,1-3H3,(H,16,18)(H,17,19). The van der Waals surface area contributed by atoms with Crippen molar-refractivity contribution in [2.45, 2.75) is 26.4 Å². The summed E-state index contributed by atoms with van der Waals surface area (Å²) in [6.07, 6.45) is -0.485. The fourth-order valence-corrected chi connectivity index (χ4v) is 1.93. The Labute approximate surface area is 132 Å². The van der Waals surface area contributed by atoms with E-state index in [4.69, 9.17) is 4.74 Å². The van der Waals surface area contributed by atoms with E-state index in [0.717, 1.165) is 3.57 Å². The lowest BCUT2D eigenvalue weighted by atomic mass is 10.2. The number of amides is 2. The molecule has 0 aromatic heterocycles. The second-order valence-corrected chi connectivity index (χ2v) is 6.44. The molecule has 20 heavy (non-hydrogen) atoms. The van der Waals surface area contributed by atoms with Gasteiger partial charge in [0.15, 0.2) is 0 Å². The molecule has 0 saturated heterocycles. The van der Waals surface area contributed by atoms with Gasteiger partial charge in [0.25, 0.3) is 5.91 Å². The molecule has 0 fully saturated rings. The number of halogens is 1. The zero-order valence-electron chi connectivity index (χ0n) is 11.8. The lowest BCUT2D eigenvalue weighted by molar-refractivity contribution is 0.0526. The monoisotopic (exact) mass is 390 g/mol. The third-order valence-electron chi connectivity index (χ3n) is 2.17. The lowest BCUT2D eigenvalue weighted by Gasteiger charge is -2.19. The molecule has 0 saturated carbocycles.